The summed E-state index contributed by atoms with van der Waals surface area (Å²) in [5, 5.41) is 0. The normalized spacial score (nSPS) is 10.9. The number of hydrogen-bond donors (Lipinski definition) is 0. The maximum absolute atomic E-state index is 4.76. The molecule has 0 N–H and O–H groups in total. The van der Waals surface area contributed by atoms with E-state index in [1.165, 1.54) is 5.56 Å². The predicted octanol–water partition coefficient (Wildman–Crippen LogP) is 4.45. The number of aromatic nitrogens is 2. The van der Waals surface area contributed by atoms with Gasteiger partial charge in [-0.15, -0.1) is 0 Å². The van der Waals surface area contributed by atoms with Gasteiger partial charge in [0.25, 0.3) is 0 Å². The highest BCUT2D eigenvalue weighted by atomic mass is 15.1. The molecule has 0 amide bonds. The van der Waals surface area contributed by atoms with Crippen molar-refractivity contribution in [1.29, 1.82) is 0 Å². The number of hydrogen-bond acceptors (Lipinski definition) is 1. The summed E-state index contributed by atoms with van der Waals surface area (Å²) in [7, 11) is 2.07. The summed E-state index contributed by atoms with van der Waals surface area (Å²) < 4.78 is 2.15. The Bertz CT molecular complexity index is 781. The number of fused-ring (bicyclic) bond motifs is 1. The first-order chi connectivity index (χ1) is 9.72. The second-order valence-corrected chi connectivity index (χ2v) is 5.00. The van der Waals surface area contributed by atoms with Crippen molar-refractivity contribution in [2.45, 2.75) is 13.3 Å². The van der Waals surface area contributed by atoms with Crippen LogP contribution in [0.5, 0.6) is 0 Å². The van der Waals surface area contributed by atoms with Gasteiger partial charge in [-0.05, 0) is 41.8 Å². The molecule has 0 fully saturated rings. The SMILES string of the molecule is C=Cc1cc(CC)cc(-c2nc3ccccc3n2C)c1. The third-order valence-corrected chi connectivity index (χ3v) is 3.70. The summed E-state index contributed by atoms with van der Waals surface area (Å²) in [6, 6.07) is 14.8. The van der Waals surface area contributed by atoms with E-state index in [4.69, 9.17) is 4.98 Å². The Kier molecular flexibility index (Phi) is 3.15. The lowest BCUT2D eigenvalue weighted by Crippen LogP contribution is -1.94. The number of aryl methyl sites for hydroxylation is 2. The standard InChI is InChI=1S/C18H18N2/c1-4-13-10-14(5-2)12-15(11-13)18-19-16-8-6-7-9-17(16)20(18)3/h4,6-12H,1,5H2,2-3H3. The van der Waals surface area contributed by atoms with Gasteiger partial charge in [-0.2, -0.15) is 0 Å². The molecule has 0 aliphatic rings. The smallest absolute Gasteiger partial charge is 0.140 e. The predicted molar refractivity (Wildman–Crippen MR) is 85.6 cm³/mol. The van der Waals surface area contributed by atoms with Crippen molar-refractivity contribution in [3.63, 3.8) is 0 Å². The molecular weight excluding hydrogens is 244 g/mol. The van der Waals surface area contributed by atoms with E-state index in [0.717, 1.165) is 34.4 Å². The van der Waals surface area contributed by atoms with Gasteiger partial charge >= 0.3 is 0 Å². The van der Waals surface area contributed by atoms with Gasteiger partial charge in [-0.1, -0.05) is 37.8 Å². The Labute approximate surface area is 119 Å². The minimum absolute atomic E-state index is 1.00. The molecule has 2 heteroatoms. The first-order valence-corrected chi connectivity index (χ1v) is 6.91. The van der Waals surface area contributed by atoms with Crippen LogP contribution in [0, 0.1) is 0 Å². The highest BCUT2D eigenvalue weighted by Crippen LogP contribution is 2.26. The van der Waals surface area contributed by atoms with E-state index in [1.54, 1.807) is 0 Å². The Balaban J connectivity index is 2.24. The molecule has 2 aromatic carbocycles. The van der Waals surface area contributed by atoms with Crippen LogP contribution < -0.4 is 0 Å². The van der Waals surface area contributed by atoms with Gasteiger partial charge in [0.05, 0.1) is 11.0 Å². The van der Waals surface area contributed by atoms with Crippen LogP contribution in [-0.4, -0.2) is 9.55 Å². The van der Waals surface area contributed by atoms with E-state index in [1.807, 2.05) is 18.2 Å². The lowest BCUT2D eigenvalue weighted by atomic mass is 10.0. The fraction of sp³-hybridized carbons (Fsp3) is 0.167. The second-order valence-electron chi connectivity index (χ2n) is 5.00. The minimum Gasteiger partial charge on any atom is -0.327 e. The van der Waals surface area contributed by atoms with Gasteiger partial charge in [0, 0.05) is 12.6 Å². The highest BCUT2D eigenvalue weighted by molar-refractivity contribution is 5.81. The molecule has 0 atom stereocenters. The van der Waals surface area contributed by atoms with Crippen LogP contribution in [0.25, 0.3) is 28.5 Å². The molecule has 0 unspecified atom stereocenters. The second kappa shape index (κ2) is 4.97. The van der Waals surface area contributed by atoms with E-state index in [-0.39, 0.29) is 0 Å². The molecule has 1 heterocycles. The summed E-state index contributed by atoms with van der Waals surface area (Å²) >= 11 is 0. The minimum atomic E-state index is 1.00. The van der Waals surface area contributed by atoms with Crippen molar-refractivity contribution < 1.29 is 0 Å². The van der Waals surface area contributed by atoms with E-state index in [2.05, 4.69) is 55.4 Å². The molecule has 0 saturated carbocycles. The Morgan fingerprint density at radius 2 is 2.00 bits per heavy atom. The third kappa shape index (κ3) is 2.03. The third-order valence-electron chi connectivity index (χ3n) is 3.70. The van der Waals surface area contributed by atoms with Crippen molar-refractivity contribution in [2.24, 2.45) is 7.05 Å². The highest BCUT2D eigenvalue weighted by Gasteiger charge is 2.10. The molecule has 0 aliphatic heterocycles. The molecule has 100 valence electrons. The topological polar surface area (TPSA) is 17.8 Å². The van der Waals surface area contributed by atoms with Crippen LogP contribution in [0.3, 0.4) is 0 Å². The van der Waals surface area contributed by atoms with Crippen molar-refractivity contribution in [3.8, 4) is 11.4 Å². The van der Waals surface area contributed by atoms with Crippen LogP contribution >= 0.6 is 0 Å². The largest absolute Gasteiger partial charge is 0.327 e. The fourth-order valence-corrected chi connectivity index (χ4v) is 2.57. The maximum atomic E-state index is 4.76. The van der Waals surface area contributed by atoms with Gasteiger partial charge in [0.15, 0.2) is 0 Å². The quantitative estimate of drug-likeness (QED) is 0.682. The lowest BCUT2D eigenvalue weighted by Gasteiger charge is -2.07. The summed E-state index contributed by atoms with van der Waals surface area (Å²) in [6.07, 6.45) is 2.91. The number of rotatable bonds is 3. The van der Waals surface area contributed by atoms with Crippen molar-refractivity contribution in [1.82, 2.24) is 9.55 Å². The molecule has 3 aromatic rings. The zero-order valence-corrected chi connectivity index (χ0v) is 11.9. The van der Waals surface area contributed by atoms with Crippen molar-refractivity contribution in [3.05, 3.63) is 60.2 Å². The number of nitrogens with zero attached hydrogens (tertiary/aromatic N) is 2. The molecule has 20 heavy (non-hydrogen) atoms. The number of imidazole rings is 1. The molecule has 0 saturated heterocycles. The van der Waals surface area contributed by atoms with Crippen LogP contribution in [0.4, 0.5) is 0 Å². The fourth-order valence-electron chi connectivity index (χ4n) is 2.57. The molecule has 2 nitrogen and oxygen atoms in total. The van der Waals surface area contributed by atoms with E-state index in [9.17, 15) is 0 Å². The Morgan fingerprint density at radius 1 is 1.20 bits per heavy atom. The molecule has 0 spiro atoms. The van der Waals surface area contributed by atoms with Crippen LogP contribution in [0.15, 0.2) is 49.0 Å². The zero-order chi connectivity index (χ0) is 14.1. The summed E-state index contributed by atoms with van der Waals surface area (Å²) in [6.45, 7) is 6.05. The lowest BCUT2D eigenvalue weighted by molar-refractivity contribution is 0.958. The molecule has 0 aliphatic carbocycles. The number of benzene rings is 2. The monoisotopic (exact) mass is 262 g/mol. The number of para-hydroxylation sites is 2. The van der Waals surface area contributed by atoms with Gasteiger partial charge < -0.3 is 4.57 Å². The van der Waals surface area contributed by atoms with E-state index < -0.39 is 0 Å². The summed E-state index contributed by atoms with van der Waals surface area (Å²) in [5.41, 5.74) is 5.80. The van der Waals surface area contributed by atoms with Gasteiger partial charge in [0.2, 0.25) is 0 Å². The molecule has 1 aromatic heterocycles. The van der Waals surface area contributed by atoms with Crippen molar-refractivity contribution >= 4 is 17.1 Å². The van der Waals surface area contributed by atoms with Gasteiger partial charge in [-0.25, -0.2) is 4.98 Å². The average molecular weight is 262 g/mol. The van der Waals surface area contributed by atoms with Crippen LogP contribution in [0.1, 0.15) is 18.1 Å². The summed E-state index contributed by atoms with van der Waals surface area (Å²) in [5.74, 6) is 1.00. The average Bonchev–Trinajstić information content (AvgIpc) is 2.84. The Hall–Kier alpha value is -2.35. The molecular formula is C18H18N2. The first kappa shape index (κ1) is 12.7. The van der Waals surface area contributed by atoms with E-state index >= 15 is 0 Å². The zero-order valence-electron chi connectivity index (χ0n) is 11.9. The van der Waals surface area contributed by atoms with Crippen LogP contribution in [0.2, 0.25) is 0 Å². The van der Waals surface area contributed by atoms with Gasteiger partial charge in [0.1, 0.15) is 5.82 Å². The maximum Gasteiger partial charge on any atom is 0.140 e. The molecule has 3 rings (SSSR count). The van der Waals surface area contributed by atoms with E-state index in [0.29, 0.717) is 0 Å². The molecule has 0 bridgehead atoms. The summed E-state index contributed by atoms with van der Waals surface area (Å²) in [4.78, 5) is 4.76. The molecule has 0 radical (unpaired) electrons. The van der Waals surface area contributed by atoms with Crippen LogP contribution in [-0.2, 0) is 13.5 Å². The van der Waals surface area contributed by atoms with Gasteiger partial charge in [-0.3, -0.25) is 0 Å². The first-order valence-electron chi connectivity index (χ1n) is 6.91. The van der Waals surface area contributed by atoms with Crippen molar-refractivity contribution in [2.75, 3.05) is 0 Å². The Morgan fingerprint density at radius 3 is 2.70 bits per heavy atom.